The summed E-state index contributed by atoms with van der Waals surface area (Å²) >= 11 is 0. The van der Waals surface area contributed by atoms with Crippen LogP contribution in [0.15, 0.2) is 18.2 Å². The van der Waals surface area contributed by atoms with E-state index in [1.54, 1.807) is 19.1 Å². The number of rotatable bonds is 9. The predicted molar refractivity (Wildman–Crippen MR) is 78.8 cm³/mol. The van der Waals surface area contributed by atoms with Gasteiger partial charge in [0.2, 0.25) is 0 Å². The number of nitrogens with zero attached hydrogens (tertiary/aromatic N) is 1. The molecule has 0 amide bonds. The standard InChI is InChI=1S/C14H20N2O5/c1-3-6-10(9-13(17)18)15-11-7-5-8-12(21-4-2)14(11)16(19)20/h5,7-8,10,15H,3-4,6,9H2,1-2H3,(H,17,18). The average molecular weight is 296 g/mol. The van der Waals surface area contributed by atoms with Gasteiger partial charge in [-0.05, 0) is 25.5 Å². The molecule has 0 aliphatic carbocycles. The van der Waals surface area contributed by atoms with Crippen molar-refractivity contribution in [1.82, 2.24) is 0 Å². The molecule has 0 saturated carbocycles. The number of hydrogen-bond acceptors (Lipinski definition) is 5. The number of aliphatic carboxylic acids is 1. The van der Waals surface area contributed by atoms with E-state index in [2.05, 4.69) is 5.32 Å². The minimum absolute atomic E-state index is 0.0934. The molecule has 0 fully saturated rings. The van der Waals surface area contributed by atoms with Crippen molar-refractivity contribution in [3.8, 4) is 5.75 Å². The summed E-state index contributed by atoms with van der Waals surface area (Å²) in [6, 6.07) is 4.37. The smallest absolute Gasteiger partial charge is 0.333 e. The zero-order valence-corrected chi connectivity index (χ0v) is 12.2. The van der Waals surface area contributed by atoms with Crippen LogP contribution in [0, 0.1) is 10.1 Å². The fourth-order valence-electron chi connectivity index (χ4n) is 2.10. The highest BCUT2D eigenvalue weighted by Crippen LogP contribution is 2.35. The maximum absolute atomic E-state index is 11.2. The highest BCUT2D eigenvalue weighted by atomic mass is 16.6. The van der Waals surface area contributed by atoms with Gasteiger partial charge in [-0.25, -0.2) is 0 Å². The van der Waals surface area contributed by atoms with Crippen LogP contribution in [0.25, 0.3) is 0 Å². The predicted octanol–water partition coefficient (Wildman–Crippen LogP) is 3.05. The van der Waals surface area contributed by atoms with Crippen LogP contribution in [0.1, 0.15) is 33.1 Å². The summed E-state index contributed by atoms with van der Waals surface area (Å²) in [6.07, 6.45) is 1.30. The number of ether oxygens (including phenoxy) is 1. The number of hydrogen-bond donors (Lipinski definition) is 2. The number of carbonyl (C=O) groups is 1. The van der Waals surface area contributed by atoms with Crippen LogP contribution in [0.5, 0.6) is 5.75 Å². The molecular weight excluding hydrogens is 276 g/mol. The Balaban J connectivity index is 3.07. The second-order valence-corrected chi connectivity index (χ2v) is 4.57. The first-order chi connectivity index (χ1) is 9.99. The Morgan fingerprint density at radius 3 is 2.71 bits per heavy atom. The van der Waals surface area contributed by atoms with Crippen LogP contribution in [-0.4, -0.2) is 28.6 Å². The number of nitro benzene ring substituents is 1. The Hall–Kier alpha value is -2.31. The van der Waals surface area contributed by atoms with E-state index in [0.717, 1.165) is 6.42 Å². The first kappa shape index (κ1) is 16.7. The molecule has 7 heteroatoms. The van der Waals surface area contributed by atoms with E-state index in [9.17, 15) is 14.9 Å². The van der Waals surface area contributed by atoms with E-state index in [1.165, 1.54) is 6.07 Å². The first-order valence-corrected chi connectivity index (χ1v) is 6.88. The van der Waals surface area contributed by atoms with Crippen LogP contribution < -0.4 is 10.1 Å². The van der Waals surface area contributed by atoms with Crippen molar-refractivity contribution < 1.29 is 19.6 Å². The second kappa shape index (κ2) is 8.08. The van der Waals surface area contributed by atoms with E-state index >= 15 is 0 Å². The number of nitro groups is 1. The zero-order chi connectivity index (χ0) is 15.8. The number of carboxylic acids is 1. The molecular formula is C14H20N2O5. The fraction of sp³-hybridized carbons (Fsp3) is 0.500. The largest absolute Gasteiger partial charge is 0.487 e. The highest BCUT2D eigenvalue weighted by molar-refractivity contribution is 5.71. The quantitative estimate of drug-likeness (QED) is 0.536. The third-order valence-corrected chi connectivity index (χ3v) is 2.90. The van der Waals surface area contributed by atoms with E-state index < -0.39 is 10.9 Å². The van der Waals surface area contributed by atoms with Crippen molar-refractivity contribution in [1.29, 1.82) is 0 Å². The van der Waals surface area contributed by atoms with Crippen LogP contribution >= 0.6 is 0 Å². The van der Waals surface area contributed by atoms with Crippen LogP contribution in [-0.2, 0) is 4.79 Å². The number of carboxylic acid groups (broad SMARTS) is 1. The molecule has 0 aromatic heterocycles. The van der Waals surface area contributed by atoms with E-state index in [4.69, 9.17) is 9.84 Å². The molecule has 0 spiro atoms. The molecule has 1 rings (SSSR count). The third kappa shape index (κ3) is 4.94. The maximum Gasteiger partial charge on any atom is 0.333 e. The third-order valence-electron chi connectivity index (χ3n) is 2.90. The molecule has 1 unspecified atom stereocenters. The monoisotopic (exact) mass is 296 g/mol. The molecule has 1 atom stereocenters. The molecule has 0 aliphatic rings. The van der Waals surface area contributed by atoms with Gasteiger partial charge in [-0.15, -0.1) is 0 Å². The van der Waals surface area contributed by atoms with Gasteiger partial charge in [0.05, 0.1) is 18.0 Å². The van der Waals surface area contributed by atoms with Gasteiger partial charge in [-0.1, -0.05) is 19.4 Å². The lowest BCUT2D eigenvalue weighted by molar-refractivity contribution is -0.385. The number of nitrogens with one attached hydrogen (secondary N) is 1. The van der Waals surface area contributed by atoms with Gasteiger partial charge >= 0.3 is 11.7 Å². The molecule has 1 aromatic carbocycles. The van der Waals surface area contributed by atoms with Gasteiger partial charge in [0.1, 0.15) is 5.69 Å². The van der Waals surface area contributed by atoms with E-state index in [0.29, 0.717) is 13.0 Å². The van der Waals surface area contributed by atoms with Gasteiger partial charge in [-0.2, -0.15) is 0 Å². The summed E-state index contributed by atoms with van der Waals surface area (Å²) in [7, 11) is 0. The van der Waals surface area contributed by atoms with Crippen LogP contribution in [0.2, 0.25) is 0 Å². The Morgan fingerprint density at radius 1 is 1.48 bits per heavy atom. The van der Waals surface area contributed by atoms with Crippen molar-refractivity contribution in [2.45, 2.75) is 39.2 Å². The zero-order valence-electron chi connectivity index (χ0n) is 12.2. The lowest BCUT2D eigenvalue weighted by Crippen LogP contribution is -2.23. The molecule has 0 aliphatic heterocycles. The van der Waals surface area contributed by atoms with Gasteiger partial charge in [-0.3, -0.25) is 14.9 Å². The van der Waals surface area contributed by atoms with Crippen molar-refractivity contribution in [3.05, 3.63) is 28.3 Å². The average Bonchev–Trinajstić information content (AvgIpc) is 2.38. The Bertz CT molecular complexity index is 504. The fourth-order valence-corrected chi connectivity index (χ4v) is 2.10. The maximum atomic E-state index is 11.2. The van der Waals surface area contributed by atoms with Crippen molar-refractivity contribution in [2.24, 2.45) is 0 Å². The lowest BCUT2D eigenvalue weighted by atomic mass is 10.1. The number of benzene rings is 1. The van der Waals surface area contributed by atoms with Gasteiger partial charge in [0.25, 0.3) is 0 Å². The Labute approximate surface area is 123 Å². The normalized spacial score (nSPS) is 11.7. The summed E-state index contributed by atoms with van der Waals surface area (Å²) in [5, 5.41) is 23.1. The molecule has 0 bridgehead atoms. The Morgan fingerprint density at radius 2 is 2.19 bits per heavy atom. The lowest BCUT2D eigenvalue weighted by Gasteiger charge is -2.18. The van der Waals surface area contributed by atoms with Crippen LogP contribution in [0.4, 0.5) is 11.4 Å². The molecule has 7 nitrogen and oxygen atoms in total. The van der Waals surface area contributed by atoms with Crippen molar-refractivity contribution in [2.75, 3.05) is 11.9 Å². The highest BCUT2D eigenvalue weighted by Gasteiger charge is 2.23. The molecule has 2 N–H and O–H groups in total. The minimum Gasteiger partial charge on any atom is -0.487 e. The van der Waals surface area contributed by atoms with E-state index in [1.807, 2.05) is 6.92 Å². The molecule has 0 radical (unpaired) electrons. The number of para-hydroxylation sites is 1. The molecule has 0 saturated heterocycles. The molecule has 116 valence electrons. The summed E-state index contributed by atoms with van der Waals surface area (Å²) in [6.45, 7) is 3.99. The van der Waals surface area contributed by atoms with Gasteiger partial charge in [0, 0.05) is 6.04 Å². The summed E-state index contributed by atoms with van der Waals surface area (Å²) < 4.78 is 5.26. The van der Waals surface area contributed by atoms with E-state index in [-0.39, 0.29) is 29.6 Å². The summed E-state index contributed by atoms with van der Waals surface area (Å²) in [4.78, 5) is 21.6. The second-order valence-electron chi connectivity index (χ2n) is 4.57. The SMILES string of the molecule is CCCC(CC(=O)O)Nc1cccc(OCC)c1[N+](=O)[O-]. The van der Waals surface area contributed by atoms with Crippen LogP contribution in [0.3, 0.4) is 0 Å². The first-order valence-electron chi connectivity index (χ1n) is 6.88. The van der Waals surface area contributed by atoms with Crippen molar-refractivity contribution in [3.63, 3.8) is 0 Å². The number of anilines is 1. The van der Waals surface area contributed by atoms with Gasteiger partial charge in [0.15, 0.2) is 5.75 Å². The van der Waals surface area contributed by atoms with Gasteiger partial charge < -0.3 is 15.2 Å². The van der Waals surface area contributed by atoms with Crippen molar-refractivity contribution >= 4 is 17.3 Å². The summed E-state index contributed by atoms with van der Waals surface area (Å²) in [5.41, 5.74) is 0.122. The molecule has 1 aromatic rings. The minimum atomic E-state index is -0.940. The molecule has 0 heterocycles. The Kier molecular flexibility index (Phi) is 6.45. The summed E-state index contributed by atoms with van der Waals surface area (Å²) in [5.74, 6) is -0.761. The molecule has 21 heavy (non-hydrogen) atoms. The topological polar surface area (TPSA) is 102 Å².